The minimum Gasteiger partial charge on any atom is -0.464 e. The number of methoxy groups -OCH3 is 1. The Balaban J connectivity index is 2.17. The van der Waals surface area contributed by atoms with E-state index in [1.54, 1.807) is 12.5 Å². The number of esters is 1. The fourth-order valence-electron chi connectivity index (χ4n) is 1.64. The van der Waals surface area contributed by atoms with Crippen LogP contribution < -0.4 is 0 Å². The van der Waals surface area contributed by atoms with Crippen LogP contribution in [0.4, 0.5) is 0 Å². The third-order valence-electron chi connectivity index (χ3n) is 2.64. The monoisotopic (exact) mass is 230 g/mol. The van der Waals surface area contributed by atoms with Gasteiger partial charge in [0.25, 0.3) is 0 Å². The number of aromatic nitrogens is 2. The van der Waals surface area contributed by atoms with Crippen molar-refractivity contribution in [3.05, 3.63) is 53.6 Å². The maximum atomic E-state index is 11.2. The molecule has 0 aliphatic heterocycles. The van der Waals surface area contributed by atoms with Crippen LogP contribution in [0.5, 0.6) is 0 Å². The van der Waals surface area contributed by atoms with Crippen LogP contribution in [0.3, 0.4) is 0 Å². The fourth-order valence-corrected chi connectivity index (χ4v) is 1.64. The molecule has 0 unspecified atom stereocenters. The average Bonchev–Trinajstić information content (AvgIpc) is 2.80. The van der Waals surface area contributed by atoms with Gasteiger partial charge in [-0.2, -0.15) is 0 Å². The van der Waals surface area contributed by atoms with Gasteiger partial charge >= 0.3 is 5.97 Å². The second-order valence-electron chi connectivity index (χ2n) is 3.85. The van der Waals surface area contributed by atoms with Crippen molar-refractivity contribution < 1.29 is 9.53 Å². The minimum absolute atomic E-state index is 0.334. The standard InChI is InChI=1S/C13H14N2O2/c1-10-5-3-4-6-11(10)7-15-8-12(14-9-15)13(16)17-2/h3-6,8-9H,7H2,1-2H3. The number of imidazole rings is 1. The van der Waals surface area contributed by atoms with E-state index in [2.05, 4.69) is 28.8 Å². The maximum absolute atomic E-state index is 11.2. The largest absolute Gasteiger partial charge is 0.464 e. The molecule has 2 rings (SSSR count). The van der Waals surface area contributed by atoms with Crippen molar-refractivity contribution in [3.63, 3.8) is 0 Å². The molecular weight excluding hydrogens is 216 g/mol. The molecule has 0 saturated heterocycles. The Kier molecular flexibility index (Phi) is 3.23. The molecule has 4 nitrogen and oxygen atoms in total. The van der Waals surface area contributed by atoms with Gasteiger partial charge in [-0.3, -0.25) is 0 Å². The molecule has 1 aromatic heterocycles. The van der Waals surface area contributed by atoms with Crippen LogP contribution in [0.15, 0.2) is 36.8 Å². The summed E-state index contributed by atoms with van der Waals surface area (Å²) in [5.41, 5.74) is 2.77. The molecular formula is C13H14N2O2. The number of carbonyl (C=O) groups excluding carboxylic acids is 1. The van der Waals surface area contributed by atoms with Crippen LogP contribution >= 0.6 is 0 Å². The maximum Gasteiger partial charge on any atom is 0.358 e. The lowest BCUT2D eigenvalue weighted by Crippen LogP contribution is -2.02. The van der Waals surface area contributed by atoms with Crippen LogP contribution in [-0.2, 0) is 11.3 Å². The van der Waals surface area contributed by atoms with Crippen LogP contribution in [-0.4, -0.2) is 22.6 Å². The molecule has 0 spiro atoms. The Morgan fingerprint density at radius 3 is 2.88 bits per heavy atom. The number of rotatable bonds is 3. The normalized spacial score (nSPS) is 10.2. The molecule has 0 aliphatic rings. The molecule has 1 aromatic carbocycles. The summed E-state index contributed by atoms with van der Waals surface area (Å²) in [5.74, 6) is -0.409. The molecule has 88 valence electrons. The van der Waals surface area contributed by atoms with Gasteiger partial charge in [0.1, 0.15) is 0 Å². The summed E-state index contributed by atoms with van der Waals surface area (Å²) in [7, 11) is 1.35. The summed E-state index contributed by atoms with van der Waals surface area (Å²) in [4.78, 5) is 15.2. The van der Waals surface area contributed by atoms with Gasteiger partial charge in [-0.15, -0.1) is 0 Å². The Labute approximate surface area is 99.9 Å². The first-order valence-corrected chi connectivity index (χ1v) is 5.35. The first-order valence-electron chi connectivity index (χ1n) is 5.35. The molecule has 0 amide bonds. The van der Waals surface area contributed by atoms with Crippen LogP contribution in [0.25, 0.3) is 0 Å². The molecule has 0 bridgehead atoms. The number of hydrogen-bond acceptors (Lipinski definition) is 3. The molecule has 0 aliphatic carbocycles. The van der Waals surface area contributed by atoms with Crippen molar-refractivity contribution in [3.8, 4) is 0 Å². The van der Waals surface area contributed by atoms with Gasteiger partial charge in [-0.05, 0) is 18.1 Å². The predicted molar refractivity (Wildman–Crippen MR) is 63.8 cm³/mol. The third kappa shape index (κ3) is 2.53. The third-order valence-corrected chi connectivity index (χ3v) is 2.64. The van der Waals surface area contributed by atoms with Gasteiger partial charge in [0, 0.05) is 12.7 Å². The van der Waals surface area contributed by atoms with E-state index in [0.29, 0.717) is 12.2 Å². The SMILES string of the molecule is COC(=O)c1cn(Cc2ccccc2C)cn1. The zero-order chi connectivity index (χ0) is 12.3. The van der Waals surface area contributed by atoms with E-state index < -0.39 is 5.97 Å². The number of aryl methyl sites for hydroxylation is 1. The van der Waals surface area contributed by atoms with Crippen molar-refractivity contribution in [1.29, 1.82) is 0 Å². The average molecular weight is 230 g/mol. The van der Waals surface area contributed by atoms with Gasteiger partial charge in [0.05, 0.1) is 13.4 Å². The van der Waals surface area contributed by atoms with Crippen LogP contribution in [0.2, 0.25) is 0 Å². The van der Waals surface area contributed by atoms with Gasteiger partial charge in [0.2, 0.25) is 0 Å². The van der Waals surface area contributed by atoms with Crippen LogP contribution in [0.1, 0.15) is 21.6 Å². The van der Waals surface area contributed by atoms with Gasteiger partial charge in [-0.25, -0.2) is 9.78 Å². The molecule has 0 atom stereocenters. The Bertz CT molecular complexity index is 532. The second-order valence-corrected chi connectivity index (χ2v) is 3.85. The van der Waals surface area contributed by atoms with E-state index in [0.717, 1.165) is 0 Å². The summed E-state index contributed by atoms with van der Waals surface area (Å²) in [5, 5.41) is 0. The lowest BCUT2D eigenvalue weighted by Gasteiger charge is -2.05. The number of carbonyl (C=O) groups is 1. The topological polar surface area (TPSA) is 44.1 Å². The second kappa shape index (κ2) is 4.82. The van der Waals surface area contributed by atoms with E-state index in [1.165, 1.54) is 18.2 Å². The summed E-state index contributed by atoms with van der Waals surface area (Å²) >= 11 is 0. The van der Waals surface area contributed by atoms with E-state index in [1.807, 2.05) is 16.7 Å². The van der Waals surface area contributed by atoms with E-state index in [-0.39, 0.29) is 0 Å². The van der Waals surface area contributed by atoms with Crippen molar-refractivity contribution in [2.45, 2.75) is 13.5 Å². The Morgan fingerprint density at radius 1 is 1.41 bits per heavy atom. The first-order chi connectivity index (χ1) is 8.20. The fraction of sp³-hybridized carbons (Fsp3) is 0.231. The van der Waals surface area contributed by atoms with Gasteiger partial charge in [0.15, 0.2) is 5.69 Å². The predicted octanol–water partition coefficient (Wildman–Crippen LogP) is 2.03. The summed E-state index contributed by atoms with van der Waals surface area (Å²) < 4.78 is 6.48. The molecule has 0 radical (unpaired) electrons. The zero-order valence-corrected chi connectivity index (χ0v) is 9.88. The molecule has 0 N–H and O–H groups in total. The van der Waals surface area contributed by atoms with E-state index in [9.17, 15) is 4.79 Å². The summed E-state index contributed by atoms with van der Waals surface area (Å²) in [6.07, 6.45) is 3.33. The van der Waals surface area contributed by atoms with E-state index in [4.69, 9.17) is 0 Å². The summed E-state index contributed by atoms with van der Waals surface area (Å²) in [6, 6.07) is 8.13. The zero-order valence-electron chi connectivity index (χ0n) is 9.88. The van der Waals surface area contributed by atoms with Gasteiger partial charge < -0.3 is 9.30 Å². The summed E-state index contributed by atoms with van der Waals surface area (Å²) in [6.45, 7) is 2.77. The number of hydrogen-bond donors (Lipinski definition) is 0. The highest BCUT2D eigenvalue weighted by molar-refractivity contribution is 5.86. The smallest absolute Gasteiger partial charge is 0.358 e. The number of nitrogens with zero attached hydrogens (tertiary/aromatic N) is 2. The highest BCUT2D eigenvalue weighted by Gasteiger charge is 2.09. The quantitative estimate of drug-likeness (QED) is 0.758. The lowest BCUT2D eigenvalue weighted by atomic mass is 10.1. The molecule has 4 heteroatoms. The highest BCUT2D eigenvalue weighted by Crippen LogP contribution is 2.09. The van der Waals surface area contributed by atoms with Gasteiger partial charge in [-0.1, -0.05) is 24.3 Å². The van der Waals surface area contributed by atoms with E-state index >= 15 is 0 Å². The molecule has 2 aromatic rings. The molecule has 0 fully saturated rings. The van der Waals surface area contributed by atoms with Crippen molar-refractivity contribution >= 4 is 5.97 Å². The highest BCUT2D eigenvalue weighted by atomic mass is 16.5. The Morgan fingerprint density at radius 2 is 2.18 bits per heavy atom. The minimum atomic E-state index is -0.409. The molecule has 17 heavy (non-hydrogen) atoms. The molecule has 0 saturated carbocycles. The molecule has 1 heterocycles. The van der Waals surface area contributed by atoms with Crippen molar-refractivity contribution in [2.24, 2.45) is 0 Å². The first kappa shape index (κ1) is 11.4. The van der Waals surface area contributed by atoms with Crippen molar-refractivity contribution in [2.75, 3.05) is 7.11 Å². The lowest BCUT2D eigenvalue weighted by molar-refractivity contribution is 0.0594. The van der Waals surface area contributed by atoms with Crippen molar-refractivity contribution in [1.82, 2.24) is 9.55 Å². The number of benzene rings is 1. The van der Waals surface area contributed by atoms with Crippen LogP contribution in [0, 0.1) is 6.92 Å². The Hall–Kier alpha value is -2.10. The number of ether oxygens (including phenoxy) is 1.